The Balaban J connectivity index is 1.49. The number of fused-ring (bicyclic) bond motifs is 6. The van der Waals surface area contributed by atoms with E-state index in [2.05, 4.69) is 15.3 Å². The van der Waals surface area contributed by atoms with E-state index in [0.29, 0.717) is 23.6 Å². The molecule has 1 amide bonds. The first kappa shape index (κ1) is 18.6. The van der Waals surface area contributed by atoms with Crippen LogP contribution in [0.3, 0.4) is 0 Å². The number of halogens is 1. The zero-order valence-electron chi connectivity index (χ0n) is 17.2. The minimum atomic E-state index is -0.395. The van der Waals surface area contributed by atoms with Crippen LogP contribution >= 0.6 is 0 Å². The van der Waals surface area contributed by atoms with Gasteiger partial charge in [0.05, 0.1) is 11.7 Å². The molecule has 1 N–H and O–H groups in total. The van der Waals surface area contributed by atoms with Gasteiger partial charge < -0.3 is 15.0 Å². The van der Waals surface area contributed by atoms with Gasteiger partial charge in [0.2, 0.25) is 0 Å². The summed E-state index contributed by atoms with van der Waals surface area (Å²) in [4.78, 5) is 20.1. The molecule has 7 nitrogen and oxygen atoms in total. The highest BCUT2D eigenvalue weighted by Crippen LogP contribution is 2.39. The Morgan fingerprint density at radius 1 is 1.23 bits per heavy atom. The minimum absolute atomic E-state index is 0.142. The van der Waals surface area contributed by atoms with Crippen molar-refractivity contribution in [3.8, 4) is 5.75 Å². The lowest BCUT2D eigenvalue weighted by molar-refractivity contribution is 0.0914. The normalized spacial score (nSPS) is 22.4. The SMILES string of the molecule is O=C1NC2(CC2)COc2ccc(F)cc2[C@@H]2CCCCN(C2)c2ccn3ncc1c3n2. The molecule has 1 aromatic carbocycles. The highest BCUT2D eigenvalue weighted by molar-refractivity contribution is 6.00. The lowest BCUT2D eigenvalue weighted by Gasteiger charge is -2.28. The van der Waals surface area contributed by atoms with Crippen molar-refractivity contribution in [3.63, 3.8) is 0 Å². The molecular weight excluding hydrogens is 397 g/mol. The van der Waals surface area contributed by atoms with Crippen molar-refractivity contribution in [1.82, 2.24) is 19.9 Å². The molecule has 3 aromatic rings. The Bertz CT molecular complexity index is 1170. The summed E-state index contributed by atoms with van der Waals surface area (Å²) in [6.45, 7) is 1.96. The Kier molecular flexibility index (Phi) is 4.16. The molecule has 4 heterocycles. The summed E-state index contributed by atoms with van der Waals surface area (Å²) in [5.74, 6) is 1.22. The van der Waals surface area contributed by atoms with Crippen LogP contribution in [0.5, 0.6) is 5.75 Å². The molecule has 2 aromatic heterocycles. The maximum atomic E-state index is 14.2. The number of aromatic nitrogens is 3. The zero-order valence-corrected chi connectivity index (χ0v) is 17.2. The van der Waals surface area contributed by atoms with Crippen LogP contribution in [0.15, 0.2) is 36.7 Å². The predicted molar refractivity (Wildman–Crippen MR) is 113 cm³/mol. The molecule has 3 aliphatic rings. The number of benzene rings is 1. The monoisotopic (exact) mass is 421 g/mol. The molecule has 6 rings (SSSR count). The highest BCUT2D eigenvalue weighted by atomic mass is 19.1. The summed E-state index contributed by atoms with van der Waals surface area (Å²) in [6, 6.07) is 6.72. The van der Waals surface area contributed by atoms with Gasteiger partial charge in [-0.25, -0.2) is 13.9 Å². The number of hydrogen-bond acceptors (Lipinski definition) is 5. The van der Waals surface area contributed by atoms with E-state index in [1.165, 1.54) is 6.07 Å². The van der Waals surface area contributed by atoms with Crippen LogP contribution in [0, 0.1) is 5.82 Å². The molecule has 0 unspecified atom stereocenters. The van der Waals surface area contributed by atoms with Crippen molar-refractivity contribution < 1.29 is 13.9 Å². The van der Waals surface area contributed by atoms with Gasteiger partial charge in [-0.05, 0) is 49.9 Å². The van der Waals surface area contributed by atoms with E-state index in [1.807, 2.05) is 12.3 Å². The first-order valence-electron chi connectivity index (χ1n) is 10.9. The molecule has 1 saturated heterocycles. The van der Waals surface area contributed by atoms with Crippen LogP contribution in [-0.2, 0) is 0 Å². The standard InChI is InChI=1S/C23H24FN5O2/c24-16-4-5-19-17(11-16)15-3-1-2-9-28(13-15)20-6-10-29-21(26-20)18(12-25-29)22(30)27-23(7-8-23)14-31-19/h4-6,10-12,15H,1-3,7-9,13-14H2,(H,27,30)/t15-/m1/s1. The number of anilines is 1. The third kappa shape index (κ3) is 3.30. The van der Waals surface area contributed by atoms with E-state index >= 15 is 0 Å². The van der Waals surface area contributed by atoms with Gasteiger partial charge >= 0.3 is 0 Å². The number of ether oxygens (including phenoxy) is 1. The second kappa shape index (κ2) is 6.93. The molecule has 31 heavy (non-hydrogen) atoms. The first-order valence-corrected chi connectivity index (χ1v) is 10.9. The fourth-order valence-electron chi connectivity index (χ4n) is 4.75. The van der Waals surface area contributed by atoms with E-state index in [0.717, 1.165) is 56.6 Å². The maximum Gasteiger partial charge on any atom is 0.257 e. The number of rotatable bonds is 0. The molecule has 1 atom stereocenters. The molecule has 8 heteroatoms. The van der Waals surface area contributed by atoms with Crippen molar-refractivity contribution in [2.24, 2.45) is 0 Å². The molecule has 2 fully saturated rings. The molecule has 4 bridgehead atoms. The smallest absolute Gasteiger partial charge is 0.257 e. The number of carbonyl (C=O) groups excluding carboxylic acids is 1. The number of hydrogen-bond donors (Lipinski definition) is 1. The lowest BCUT2D eigenvalue weighted by Crippen LogP contribution is -2.41. The molecular formula is C23H24FN5O2. The van der Waals surface area contributed by atoms with Crippen LogP contribution in [0.2, 0.25) is 0 Å². The zero-order chi connectivity index (χ0) is 21.0. The van der Waals surface area contributed by atoms with Crippen molar-refractivity contribution in [2.45, 2.75) is 43.6 Å². The predicted octanol–water partition coefficient (Wildman–Crippen LogP) is 3.30. The third-order valence-electron chi connectivity index (χ3n) is 6.74. The fourth-order valence-corrected chi connectivity index (χ4v) is 4.75. The topological polar surface area (TPSA) is 71.8 Å². The van der Waals surface area contributed by atoms with E-state index in [1.54, 1.807) is 22.8 Å². The Labute approximate surface area is 179 Å². The third-order valence-corrected chi connectivity index (χ3v) is 6.74. The summed E-state index contributed by atoms with van der Waals surface area (Å²) in [6.07, 6.45) is 8.19. The fraction of sp³-hybridized carbons (Fsp3) is 0.435. The molecule has 2 aliphatic heterocycles. The van der Waals surface area contributed by atoms with Gasteiger partial charge in [0.1, 0.15) is 29.6 Å². The number of carbonyl (C=O) groups is 1. The summed E-state index contributed by atoms with van der Waals surface area (Å²) < 4.78 is 22.1. The van der Waals surface area contributed by atoms with Crippen LogP contribution in [0.4, 0.5) is 10.2 Å². The van der Waals surface area contributed by atoms with Crippen molar-refractivity contribution >= 4 is 17.4 Å². The van der Waals surface area contributed by atoms with Gasteiger partial charge in [-0.15, -0.1) is 0 Å². The summed E-state index contributed by atoms with van der Waals surface area (Å²) in [5.41, 5.74) is 1.53. The van der Waals surface area contributed by atoms with Gasteiger partial charge in [-0.2, -0.15) is 5.10 Å². The molecule has 160 valence electrons. The quantitative estimate of drug-likeness (QED) is 0.603. The van der Waals surface area contributed by atoms with Crippen molar-refractivity contribution in [3.05, 3.63) is 53.6 Å². The Morgan fingerprint density at radius 2 is 2.13 bits per heavy atom. The van der Waals surface area contributed by atoms with Gasteiger partial charge in [-0.1, -0.05) is 6.42 Å². The summed E-state index contributed by atoms with van der Waals surface area (Å²) in [7, 11) is 0. The van der Waals surface area contributed by atoms with Crippen LogP contribution in [0.25, 0.3) is 5.65 Å². The average Bonchev–Trinajstić information content (AvgIpc) is 3.46. The Morgan fingerprint density at radius 3 is 3.00 bits per heavy atom. The lowest BCUT2D eigenvalue weighted by atomic mass is 9.93. The van der Waals surface area contributed by atoms with E-state index in [9.17, 15) is 9.18 Å². The van der Waals surface area contributed by atoms with Gasteiger partial charge in [-0.3, -0.25) is 4.79 Å². The van der Waals surface area contributed by atoms with Gasteiger partial charge in [0.15, 0.2) is 5.65 Å². The summed E-state index contributed by atoms with van der Waals surface area (Å²) >= 11 is 0. The van der Waals surface area contributed by atoms with Crippen LogP contribution in [0.1, 0.15) is 53.9 Å². The van der Waals surface area contributed by atoms with E-state index in [-0.39, 0.29) is 17.6 Å². The maximum absolute atomic E-state index is 14.2. The number of nitrogens with one attached hydrogen (secondary N) is 1. The molecule has 1 saturated carbocycles. The highest BCUT2D eigenvalue weighted by Gasteiger charge is 2.46. The van der Waals surface area contributed by atoms with Gasteiger partial charge in [0.25, 0.3) is 5.91 Å². The van der Waals surface area contributed by atoms with Crippen molar-refractivity contribution in [2.75, 3.05) is 24.6 Å². The van der Waals surface area contributed by atoms with E-state index in [4.69, 9.17) is 9.72 Å². The van der Waals surface area contributed by atoms with Crippen LogP contribution in [-0.4, -0.2) is 45.7 Å². The number of nitrogens with zero attached hydrogens (tertiary/aromatic N) is 4. The minimum Gasteiger partial charge on any atom is -0.491 e. The first-order chi connectivity index (χ1) is 15.1. The van der Waals surface area contributed by atoms with E-state index < -0.39 is 5.54 Å². The molecule has 0 radical (unpaired) electrons. The second-order valence-electron chi connectivity index (χ2n) is 8.96. The number of amides is 1. The second-order valence-corrected chi connectivity index (χ2v) is 8.96. The van der Waals surface area contributed by atoms with Crippen LogP contribution < -0.4 is 15.0 Å². The van der Waals surface area contributed by atoms with Gasteiger partial charge in [0, 0.05) is 30.8 Å². The Hall–Kier alpha value is -3.16. The average molecular weight is 421 g/mol. The molecule has 1 aliphatic carbocycles. The largest absolute Gasteiger partial charge is 0.491 e. The molecule has 1 spiro atoms. The summed E-state index contributed by atoms with van der Waals surface area (Å²) in [5, 5.41) is 7.45. The van der Waals surface area contributed by atoms with Crippen molar-refractivity contribution in [1.29, 1.82) is 0 Å².